The van der Waals surface area contributed by atoms with Crippen molar-refractivity contribution in [3.8, 4) is 0 Å². The van der Waals surface area contributed by atoms with E-state index in [9.17, 15) is 4.39 Å². The summed E-state index contributed by atoms with van der Waals surface area (Å²) >= 11 is 7.08. The molecule has 0 aliphatic carbocycles. The highest BCUT2D eigenvalue weighted by Gasteiger charge is 2.15. The smallest absolute Gasteiger partial charge is 0.123 e. The molecule has 100 valence electrons. The van der Waals surface area contributed by atoms with Gasteiger partial charge in [-0.15, -0.1) is 0 Å². The molecule has 0 aromatic heterocycles. The Labute approximate surface area is 130 Å². The average molecular weight is 386 g/mol. The van der Waals surface area contributed by atoms with Gasteiger partial charge in [-0.2, -0.15) is 0 Å². The van der Waals surface area contributed by atoms with Crippen molar-refractivity contribution < 1.29 is 4.39 Å². The molecule has 1 atom stereocenters. The molecule has 0 amide bonds. The van der Waals surface area contributed by atoms with Crippen molar-refractivity contribution in [2.45, 2.75) is 19.3 Å². The van der Waals surface area contributed by atoms with E-state index in [2.05, 4.69) is 57.0 Å². The SMILES string of the molecule is Cc1ccccc1C(CBr)Cc1cc(F)ccc1Br. The standard InChI is InChI=1S/C16H15Br2F/c1-11-4-2-3-5-15(11)13(10-17)8-12-9-14(19)6-7-16(12)18/h2-7,9,13H,8,10H2,1H3. The third-order valence-electron chi connectivity index (χ3n) is 3.29. The minimum absolute atomic E-state index is 0.184. The van der Waals surface area contributed by atoms with E-state index in [0.29, 0.717) is 5.92 Å². The number of rotatable bonds is 4. The zero-order chi connectivity index (χ0) is 13.8. The second-order valence-corrected chi connectivity index (χ2v) is 6.15. The van der Waals surface area contributed by atoms with Crippen LogP contribution in [0.5, 0.6) is 0 Å². The Bertz CT molecular complexity index is 566. The van der Waals surface area contributed by atoms with Crippen molar-refractivity contribution in [1.29, 1.82) is 0 Å². The van der Waals surface area contributed by atoms with E-state index >= 15 is 0 Å². The van der Waals surface area contributed by atoms with Crippen LogP contribution in [-0.2, 0) is 6.42 Å². The van der Waals surface area contributed by atoms with Gasteiger partial charge in [-0.3, -0.25) is 0 Å². The number of hydrogen-bond acceptors (Lipinski definition) is 0. The van der Waals surface area contributed by atoms with Crippen LogP contribution in [-0.4, -0.2) is 5.33 Å². The lowest BCUT2D eigenvalue weighted by molar-refractivity contribution is 0.622. The number of halogens is 3. The summed E-state index contributed by atoms with van der Waals surface area (Å²) in [6.45, 7) is 2.12. The summed E-state index contributed by atoms with van der Waals surface area (Å²) < 4.78 is 14.3. The third kappa shape index (κ3) is 3.67. The highest BCUT2D eigenvalue weighted by Crippen LogP contribution is 2.29. The Morgan fingerprint density at radius 1 is 1.16 bits per heavy atom. The van der Waals surface area contributed by atoms with Crippen LogP contribution < -0.4 is 0 Å². The van der Waals surface area contributed by atoms with Crippen LogP contribution >= 0.6 is 31.9 Å². The molecule has 0 bridgehead atoms. The van der Waals surface area contributed by atoms with Crippen LogP contribution in [0.1, 0.15) is 22.6 Å². The average Bonchev–Trinajstić information content (AvgIpc) is 2.41. The van der Waals surface area contributed by atoms with Crippen LogP contribution in [0.15, 0.2) is 46.9 Å². The van der Waals surface area contributed by atoms with Crippen LogP contribution in [0.3, 0.4) is 0 Å². The first-order valence-electron chi connectivity index (χ1n) is 6.17. The van der Waals surface area contributed by atoms with E-state index in [-0.39, 0.29) is 5.82 Å². The van der Waals surface area contributed by atoms with Crippen molar-refractivity contribution in [1.82, 2.24) is 0 Å². The van der Waals surface area contributed by atoms with Crippen LogP contribution in [0.2, 0.25) is 0 Å². The maximum Gasteiger partial charge on any atom is 0.123 e. The van der Waals surface area contributed by atoms with Crippen molar-refractivity contribution in [2.24, 2.45) is 0 Å². The Morgan fingerprint density at radius 3 is 2.58 bits per heavy atom. The van der Waals surface area contributed by atoms with Gasteiger partial charge < -0.3 is 0 Å². The van der Waals surface area contributed by atoms with E-state index in [1.54, 1.807) is 12.1 Å². The molecule has 0 nitrogen and oxygen atoms in total. The van der Waals surface area contributed by atoms with Crippen LogP contribution in [0.25, 0.3) is 0 Å². The number of benzene rings is 2. The van der Waals surface area contributed by atoms with Gasteiger partial charge >= 0.3 is 0 Å². The Hall–Kier alpha value is -0.670. The summed E-state index contributed by atoms with van der Waals surface area (Å²) in [5.41, 5.74) is 3.60. The molecule has 2 aromatic rings. The minimum Gasteiger partial charge on any atom is -0.207 e. The van der Waals surface area contributed by atoms with Gasteiger partial charge in [0, 0.05) is 9.80 Å². The summed E-state index contributed by atoms with van der Waals surface area (Å²) in [6, 6.07) is 13.2. The first kappa shape index (κ1) is 14.7. The normalized spacial score (nSPS) is 12.4. The maximum atomic E-state index is 13.4. The van der Waals surface area contributed by atoms with E-state index in [1.165, 1.54) is 17.2 Å². The van der Waals surface area contributed by atoms with Gasteiger partial charge in [0.25, 0.3) is 0 Å². The lowest BCUT2D eigenvalue weighted by Crippen LogP contribution is -2.07. The predicted molar refractivity (Wildman–Crippen MR) is 85.5 cm³/mol. The van der Waals surface area contributed by atoms with Gasteiger partial charge in [-0.1, -0.05) is 56.1 Å². The molecule has 19 heavy (non-hydrogen) atoms. The Kier molecular flexibility index (Phi) is 5.17. The van der Waals surface area contributed by atoms with Crippen LogP contribution in [0.4, 0.5) is 4.39 Å². The fourth-order valence-corrected chi connectivity index (χ4v) is 3.24. The molecule has 0 saturated heterocycles. The minimum atomic E-state index is -0.184. The first-order chi connectivity index (χ1) is 9.11. The van der Waals surface area contributed by atoms with Gasteiger partial charge in [0.15, 0.2) is 0 Å². The molecule has 0 radical (unpaired) electrons. The third-order valence-corrected chi connectivity index (χ3v) is 4.84. The van der Waals surface area contributed by atoms with Gasteiger partial charge in [-0.05, 0) is 54.2 Å². The molecule has 2 aromatic carbocycles. The molecule has 0 spiro atoms. The molecule has 0 fully saturated rings. The number of hydrogen-bond donors (Lipinski definition) is 0. The van der Waals surface area contributed by atoms with E-state index in [0.717, 1.165) is 21.8 Å². The Morgan fingerprint density at radius 2 is 1.89 bits per heavy atom. The molecule has 0 aliphatic rings. The first-order valence-corrected chi connectivity index (χ1v) is 8.08. The second-order valence-electron chi connectivity index (χ2n) is 4.65. The summed E-state index contributed by atoms with van der Waals surface area (Å²) in [5, 5.41) is 0.862. The molecule has 2 rings (SSSR count). The monoisotopic (exact) mass is 384 g/mol. The fourth-order valence-electron chi connectivity index (χ4n) is 2.26. The molecule has 0 saturated carbocycles. The number of alkyl halides is 1. The van der Waals surface area contributed by atoms with Crippen LogP contribution in [0, 0.1) is 12.7 Å². The summed E-state index contributed by atoms with van der Waals surface area (Å²) in [5.74, 6) is 0.163. The summed E-state index contributed by atoms with van der Waals surface area (Å²) in [4.78, 5) is 0. The van der Waals surface area contributed by atoms with E-state index in [1.807, 2.05) is 6.07 Å². The van der Waals surface area contributed by atoms with Crippen molar-refractivity contribution in [3.63, 3.8) is 0 Å². The highest BCUT2D eigenvalue weighted by atomic mass is 79.9. The van der Waals surface area contributed by atoms with Gasteiger partial charge in [0.2, 0.25) is 0 Å². The van der Waals surface area contributed by atoms with E-state index in [4.69, 9.17) is 0 Å². The van der Waals surface area contributed by atoms with E-state index < -0.39 is 0 Å². The number of aryl methyl sites for hydroxylation is 1. The fraction of sp³-hybridized carbons (Fsp3) is 0.250. The van der Waals surface area contributed by atoms with Gasteiger partial charge in [-0.25, -0.2) is 4.39 Å². The zero-order valence-corrected chi connectivity index (χ0v) is 13.8. The molecule has 1 unspecified atom stereocenters. The van der Waals surface area contributed by atoms with Gasteiger partial charge in [0.05, 0.1) is 0 Å². The molecular formula is C16H15Br2F. The lowest BCUT2D eigenvalue weighted by atomic mass is 9.91. The second kappa shape index (κ2) is 6.67. The van der Waals surface area contributed by atoms with Gasteiger partial charge in [0.1, 0.15) is 5.82 Å². The molecule has 0 aliphatic heterocycles. The molecule has 3 heteroatoms. The summed E-state index contributed by atoms with van der Waals surface area (Å²) in [7, 11) is 0. The lowest BCUT2D eigenvalue weighted by Gasteiger charge is -2.18. The molecule has 0 N–H and O–H groups in total. The van der Waals surface area contributed by atoms with Crippen molar-refractivity contribution >= 4 is 31.9 Å². The molecular weight excluding hydrogens is 371 g/mol. The topological polar surface area (TPSA) is 0 Å². The maximum absolute atomic E-state index is 13.4. The predicted octanol–water partition coefficient (Wildman–Crippen LogP) is 5.62. The Balaban J connectivity index is 2.29. The highest BCUT2D eigenvalue weighted by molar-refractivity contribution is 9.10. The largest absolute Gasteiger partial charge is 0.207 e. The summed E-state index contributed by atoms with van der Waals surface area (Å²) in [6.07, 6.45) is 0.814. The molecule has 0 heterocycles. The zero-order valence-electron chi connectivity index (χ0n) is 10.7. The van der Waals surface area contributed by atoms with Crippen molar-refractivity contribution in [3.05, 3.63) is 69.4 Å². The van der Waals surface area contributed by atoms with Crippen molar-refractivity contribution in [2.75, 3.05) is 5.33 Å². The quantitative estimate of drug-likeness (QED) is 0.599.